The van der Waals surface area contributed by atoms with Crippen LogP contribution in [0.15, 0.2) is 24.3 Å². The van der Waals surface area contributed by atoms with Crippen LogP contribution >= 0.6 is 0 Å². The van der Waals surface area contributed by atoms with E-state index in [1.807, 2.05) is 7.05 Å². The van der Waals surface area contributed by atoms with Gasteiger partial charge in [-0.05, 0) is 37.7 Å². The van der Waals surface area contributed by atoms with E-state index in [4.69, 9.17) is 0 Å². The third-order valence-electron chi connectivity index (χ3n) is 3.00. The molecule has 4 nitrogen and oxygen atoms in total. The Bertz CT molecular complexity index is 375. The Morgan fingerprint density at radius 1 is 1.35 bits per heavy atom. The van der Waals surface area contributed by atoms with Gasteiger partial charge in [-0.3, -0.25) is 4.79 Å². The zero-order chi connectivity index (χ0) is 12.1. The normalized spacial score (nSPS) is 15.8. The SMILES string of the molecule is CNCCc1ccc(N2CCNC(=O)C2)cc1. The van der Waals surface area contributed by atoms with Crippen LogP contribution in [0.5, 0.6) is 0 Å². The molecule has 0 bridgehead atoms. The van der Waals surface area contributed by atoms with Gasteiger partial charge in [-0.25, -0.2) is 0 Å². The summed E-state index contributed by atoms with van der Waals surface area (Å²) >= 11 is 0. The number of carbonyl (C=O) groups is 1. The average Bonchev–Trinajstić information content (AvgIpc) is 2.37. The lowest BCUT2D eigenvalue weighted by molar-refractivity contribution is -0.120. The van der Waals surface area contributed by atoms with Crippen LogP contribution < -0.4 is 15.5 Å². The number of nitrogens with one attached hydrogen (secondary N) is 2. The van der Waals surface area contributed by atoms with E-state index in [1.165, 1.54) is 5.56 Å². The maximum atomic E-state index is 11.3. The van der Waals surface area contributed by atoms with Gasteiger partial charge in [-0.2, -0.15) is 0 Å². The molecule has 1 aliphatic heterocycles. The van der Waals surface area contributed by atoms with Crippen molar-refractivity contribution in [1.29, 1.82) is 0 Å². The van der Waals surface area contributed by atoms with Crippen molar-refractivity contribution in [2.24, 2.45) is 0 Å². The first-order valence-electron chi connectivity index (χ1n) is 6.05. The average molecular weight is 233 g/mol. The number of anilines is 1. The van der Waals surface area contributed by atoms with Crippen molar-refractivity contribution in [3.8, 4) is 0 Å². The van der Waals surface area contributed by atoms with Crippen molar-refractivity contribution >= 4 is 11.6 Å². The zero-order valence-corrected chi connectivity index (χ0v) is 10.2. The standard InChI is InChI=1S/C13H19N3O/c1-14-7-6-11-2-4-12(5-3-11)16-9-8-15-13(17)10-16/h2-5,14H,6-10H2,1H3,(H,15,17). The maximum absolute atomic E-state index is 11.3. The Balaban J connectivity index is 1.99. The number of carbonyl (C=O) groups excluding carboxylic acids is 1. The molecule has 0 atom stereocenters. The van der Waals surface area contributed by atoms with Crippen molar-refractivity contribution in [1.82, 2.24) is 10.6 Å². The van der Waals surface area contributed by atoms with Gasteiger partial charge >= 0.3 is 0 Å². The minimum Gasteiger partial charge on any atom is -0.360 e. The fourth-order valence-corrected chi connectivity index (χ4v) is 2.00. The van der Waals surface area contributed by atoms with E-state index in [9.17, 15) is 4.79 Å². The first-order chi connectivity index (χ1) is 8.29. The Morgan fingerprint density at radius 2 is 2.12 bits per heavy atom. The molecule has 92 valence electrons. The van der Waals surface area contributed by atoms with Crippen molar-refractivity contribution in [3.05, 3.63) is 29.8 Å². The number of benzene rings is 1. The molecule has 0 aliphatic carbocycles. The minimum absolute atomic E-state index is 0.107. The Kier molecular flexibility index (Phi) is 3.98. The van der Waals surface area contributed by atoms with Gasteiger partial charge in [0.05, 0.1) is 6.54 Å². The Hall–Kier alpha value is -1.55. The summed E-state index contributed by atoms with van der Waals surface area (Å²) < 4.78 is 0. The molecular formula is C13H19N3O. The first-order valence-corrected chi connectivity index (χ1v) is 6.05. The predicted octanol–water partition coefficient (Wildman–Crippen LogP) is 0.385. The summed E-state index contributed by atoms with van der Waals surface area (Å²) in [6.07, 6.45) is 1.04. The summed E-state index contributed by atoms with van der Waals surface area (Å²) in [6.45, 7) is 3.09. The molecular weight excluding hydrogens is 214 g/mol. The second-order valence-electron chi connectivity index (χ2n) is 4.29. The largest absolute Gasteiger partial charge is 0.360 e. The summed E-state index contributed by atoms with van der Waals surface area (Å²) in [5.74, 6) is 0.107. The molecule has 17 heavy (non-hydrogen) atoms. The Morgan fingerprint density at radius 3 is 2.76 bits per heavy atom. The van der Waals surface area contributed by atoms with Crippen molar-refractivity contribution < 1.29 is 4.79 Å². The van der Waals surface area contributed by atoms with E-state index in [2.05, 4.69) is 39.8 Å². The van der Waals surface area contributed by atoms with Gasteiger partial charge in [-0.15, -0.1) is 0 Å². The molecule has 2 rings (SSSR count). The highest BCUT2D eigenvalue weighted by Gasteiger charge is 2.15. The molecule has 1 fully saturated rings. The van der Waals surface area contributed by atoms with Gasteiger partial charge < -0.3 is 15.5 Å². The van der Waals surface area contributed by atoms with Gasteiger partial charge in [0.15, 0.2) is 0 Å². The molecule has 1 amide bonds. The van der Waals surface area contributed by atoms with Gasteiger partial charge in [0.25, 0.3) is 0 Å². The van der Waals surface area contributed by atoms with E-state index in [0.717, 1.165) is 31.7 Å². The first kappa shape index (κ1) is 11.9. The van der Waals surface area contributed by atoms with E-state index < -0.39 is 0 Å². The number of likely N-dealkylation sites (N-methyl/N-ethyl adjacent to an activating group) is 1. The van der Waals surface area contributed by atoms with E-state index in [1.54, 1.807) is 0 Å². The van der Waals surface area contributed by atoms with Crippen LogP contribution in [0.1, 0.15) is 5.56 Å². The van der Waals surface area contributed by atoms with Crippen LogP contribution in [0.3, 0.4) is 0 Å². The van der Waals surface area contributed by atoms with Gasteiger partial charge in [0.2, 0.25) is 5.91 Å². The molecule has 0 saturated carbocycles. The van der Waals surface area contributed by atoms with Crippen molar-refractivity contribution in [2.75, 3.05) is 38.1 Å². The van der Waals surface area contributed by atoms with Crippen LogP contribution in [0.25, 0.3) is 0 Å². The molecule has 1 aromatic carbocycles. The lowest BCUT2D eigenvalue weighted by Crippen LogP contribution is -2.47. The molecule has 1 aliphatic rings. The summed E-state index contributed by atoms with van der Waals surface area (Å²) in [7, 11) is 1.96. The monoisotopic (exact) mass is 233 g/mol. The van der Waals surface area contributed by atoms with Gasteiger partial charge in [0, 0.05) is 18.8 Å². The molecule has 1 aromatic rings. The third kappa shape index (κ3) is 3.20. The number of amides is 1. The highest BCUT2D eigenvalue weighted by Crippen LogP contribution is 2.16. The summed E-state index contributed by atoms with van der Waals surface area (Å²) in [5.41, 5.74) is 2.46. The lowest BCUT2D eigenvalue weighted by Gasteiger charge is -2.28. The summed E-state index contributed by atoms with van der Waals surface area (Å²) in [4.78, 5) is 13.4. The fraction of sp³-hybridized carbons (Fsp3) is 0.462. The third-order valence-corrected chi connectivity index (χ3v) is 3.00. The minimum atomic E-state index is 0.107. The highest BCUT2D eigenvalue weighted by atomic mass is 16.2. The van der Waals surface area contributed by atoms with E-state index >= 15 is 0 Å². The molecule has 2 N–H and O–H groups in total. The molecule has 4 heteroatoms. The molecule has 0 spiro atoms. The van der Waals surface area contributed by atoms with Crippen molar-refractivity contribution in [2.45, 2.75) is 6.42 Å². The van der Waals surface area contributed by atoms with Crippen LogP contribution in [-0.2, 0) is 11.2 Å². The van der Waals surface area contributed by atoms with Crippen LogP contribution in [0, 0.1) is 0 Å². The second-order valence-corrected chi connectivity index (χ2v) is 4.29. The van der Waals surface area contributed by atoms with Gasteiger partial charge in [0.1, 0.15) is 0 Å². The smallest absolute Gasteiger partial charge is 0.239 e. The van der Waals surface area contributed by atoms with Crippen LogP contribution in [-0.4, -0.2) is 39.1 Å². The maximum Gasteiger partial charge on any atom is 0.239 e. The number of piperazine rings is 1. The predicted molar refractivity (Wildman–Crippen MR) is 69.3 cm³/mol. The molecule has 1 saturated heterocycles. The lowest BCUT2D eigenvalue weighted by atomic mass is 10.1. The molecule has 0 unspecified atom stereocenters. The van der Waals surface area contributed by atoms with Crippen molar-refractivity contribution in [3.63, 3.8) is 0 Å². The summed E-state index contributed by atoms with van der Waals surface area (Å²) in [6, 6.07) is 8.48. The molecule has 1 heterocycles. The van der Waals surface area contributed by atoms with Gasteiger partial charge in [-0.1, -0.05) is 12.1 Å². The Labute approximate surface area is 102 Å². The highest BCUT2D eigenvalue weighted by molar-refractivity contribution is 5.82. The second kappa shape index (κ2) is 5.68. The summed E-state index contributed by atoms with van der Waals surface area (Å²) in [5, 5.41) is 5.97. The number of hydrogen-bond acceptors (Lipinski definition) is 3. The number of nitrogens with zero attached hydrogens (tertiary/aromatic N) is 1. The quantitative estimate of drug-likeness (QED) is 0.790. The van der Waals surface area contributed by atoms with E-state index in [0.29, 0.717) is 6.54 Å². The topological polar surface area (TPSA) is 44.4 Å². The van der Waals surface area contributed by atoms with Crippen LogP contribution in [0.2, 0.25) is 0 Å². The number of hydrogen-bond donors (Lipinski definition) is 2. The molecule has 0 radical (unpaired) electrons. The molecule has 0 aromatic heterocycles. The fourth-order valence-electron chi connectivity index (χ4n) is 2.00. The number of rotatable bonds is 4. The zero-order valence-electron chi connectivity index (χ0n) is 10.2. The van der Waals surface area contributed by atoms with E-state index in [-0.39, 0.29) is 5.91 Å². The van der Waals surface area contributed by atoms with Crippen LogP contribution in [0.4, 0.5) is 5.69 Å².